The van der Waals surface area contributed by atoms with Crippen LogP contribution in [0, 0.1) is 11.6 Å². The highest BCUT2D eigenvalue weighted by Gasteiger charge is 2.14. The second-order valence-electron chi connectivity index (χ2n) is 4.26. The molecule has 0 aliphatic carbocycles. The van der Waals surface area contributed by atoms with Gasteiger partial charge in [0.15, 0.2) is 0 Å². The molecule has 1 nitrogen and oxygen atoms in total. The maximum absolute atomic E-state index is 13.7. The first-order valence-corrected chi connectivity index (χ1v) is 6.45. The maximum atomic E-state index is 13.7. The van der Waals surface area contributed by atoms with Crippen LogP contribution in [0.4, 0.5) is 14.5 Å². The molecule has 0 saturated heterocycles. The Morgan fingerprint density at radius 2 is 1.89 bits per heavy atom. The molecule has 0 aromatic heterocycles. The third-order valence-corrected chi connectivity index (χ3v) is 3.26. The lowest BCUT2D eigenvalue weighted by Gasteiger charge is -2.20. The van der Waals surface area contributed by atoms with Gasteiger partial charge in [0.2, 0.25) is 0 Å². The van der Waals surface area contributed by atoms with E-state index in [-0.39, 0.29) is 17.5 Å². The van der Waals surface area contributed by atoms with E-state index in [1.807, 2.05) is 6.92 Å². The monoisotopic (exact) mass is 281 g/mol. The fourth-order valence-corrected chi connectivity index (χ4v) is 2.17. The van der Waals surface area contributed by atoms with E-state index in [0.717, 1.165) is 5.56 Å². The second kappa shape index (κ2) is 6.02. The molecule has 2 aromatic rings. The fourth-order valence-electron chi connectivity index (χ4n) is 1.95. The van der Waals surface area contributed by atoms with Crippen molar-refractivity contribution >= 4 is 17.3 Å². The average Bonchev–Trinajstić information content (AvgIpc) is 2.38. The highest BCUT2D eigenvalue weighted by molar-refractivity contribution is 6.33. The number of halogens is 3. The molecule has 1 unspecified atom stereocenters. The second-order valence-corrected chi connectivity index (χ2v) is 4.66. The number of nitrogens with one attached hydrogen (secondary N) is 1. The van der Waals surface area contributed by atoms with Crippen molar-refractivity contribution in [3.8, 4) is 0 Å². The molecule has 0 fully saturated rings. The summed E-state index contributed by atoms with van der Waals surface area (Å²) in [7, 11) is 0. The lowest BCUT2D eigenvalue weighted by atomic mass is 10.0. The third kappa shape index (κ3) is 3.24. The first-order chi connectivity index (χ1) is 9.11. The van der Waals surface area contributed by atoms with Gasteiger partial charge in [-0.05, 0) is 36.2 Å². The molecule has 1 N–H and O–H groups in total. The quantitative estimate of drug-likeness (QED) is 0.814. The molecule has 0 spiro atoms. The molecule has 4 heteroatoms. The summed E-state index contributed by atoms with van der Waals surface area (Å²) in [6.07, 6.45) is 0.689. The maximum Gasteiger partial charge on any atom is 0.147 e. The molecule has 100 valence electrons. The van der Waals surface area contributed by atoms with Gasteiger partial charge < -0.3 is 5.32 Å². The molecule has 19 heavy (non-hydrogen) atoms. The molecule has 0 aliphatic rings. The Balaban J connectivity index is 2.29. The van der Waals surface area contributed by atoms with Crippen molar-refractivity contribution < 1.29 is 8.78 Å². The van der Waals surface area contributed by atoms with Crippen molar-refractivity contribution in [1.29, 1.82) is 0 Å². The summed E-state index contributed by atoms with van der Waals surface area (Å²) in [6.45, 7) is 1.94. The van der Waals surface area contributed by atoms with Crippen LogP contribution in [-0.4, -0.2) is 0 Å². The van der Waals surface area contributed by atoms with E-state index in [2.05, 4.69) is 5.32 Å². The summed E-state index contributed by atoms with van der Waals surface area (Å²) < 4.78 is 27.0. The van der Waals surface area contributed by atoms with Crippen LogP contribution in [-0.2, 0) is 0 Å². The Bertz CT molecular complexity index is 552. The van der Waals surface area contributed by atoms with E-state index < -0.39 is 5.82 Å². The van der Waals surface area contributed by atoms with E-state index in [1.165, 1.54) is 18.2 Å². The Morgan fingerprint density at radius 3 is 2.53 bits per heavy atom. The van der Waals surface area contributed by atoms with E-state index >= 15 is 0 Å². The van der Waals surface area contributed by atoms with Crippen LogP contribution in [0.3, 0.4) is 0 Å². The fraction of sp³-hybridized carbons (Fsp3) is 0.200. The minimum Gasteiger partial charge on any atom is -0.375 e. The van der Waals surface area contributed by atoms with E-state index in [1.54, 1.807) is 24.3 Å². The Morgan fingerprint density at radius 1 is 1.16 bits per heavy atom. The van der Waals surface area contributed by atoms with Gasteiger partial charge in [0.05, 0.1) is 16.8 Å². The molecule has 2 aromatic carbocycles. The van der Waals surface area contributed by atoms with Crippen molar-refractivity contribution in [3.63, 3.8) is 0 Å². The molecule has 0 aliphatic heterocycles. The van der Waals surface area contributed by atoms with Crippen LogP contribution in [0.1, 0.15) is 24.9 Å². The highest BCUT2D eigenvalue weighted by atomic mass is 35.5. The van der Waals surface area contributed by atoms with E-state index in [4.69, 9.17) is 11.6 Å². The zero-order valence-electron chi connectivity index (χ0n) is 10.5. The molecule has 0 heterocycles. The van der Waals surface area contributed by atoms with Gasteiger partial charge in [-0.3, -0.25) is 0 Å². The predicted octanol–water partition coefficient (Wildman–Crippen LogP) is 5.18. The van der Waals surface area contributed by atoms with Gasteiger partial charge in [-0.25, -0.2) is 8.78 Å². The Kier molecular flexibility index (Phi) is 4.38. The van der Waals surface area contributed by atoms with Crippen molar-refractivity contribution in [2.24, 2.45) is 0 Å². The largest absolute Gasteiger partial charge is 0.375 e. The summed E-state index contributed by atoms with van der Waals surface area (Å²) in [5, 5.41) is 3.35. The third-order valence-electron chi connectivity index (χ3n) is 2.94. The van der Waals surface area contributed by atoms with Gasteiger partial charge in [0.25, 0.3) is 0 Å². The Hall–Kier alpha value is -1.61. The number of anilines is 1. The van der Waals surface area contributed by atoms with Crippen LogP contribution in [0.2, 0.25) is 5.02 Å². The van der Waals surface area contributed by atoms with Crippen molar-refractivity contribution in [3.05, 3.63) is 64.7 Å². The van der Waals surface area contributed by atoms with Crippen LogP contribution >= 0.6 is 11.6 Å². The predicted molar refractivity (Wildman–Crippen MR) is 74.5 cm³/mol. The number of para-hydroxylation sites is 1. The molecule has 1 atom stereocenters. The number of benzene rings is 2. The molecule has 0 amide bonds. The van der Waals surface area contributed by atoms with Gasteiger partial charge >= 0.3 is 0 Å². The number of hydrogen-bond acceptors (Lipinski definition) is 1. The SMILES string of the molecule is CCC(Nc1c(F)cccc1Cl)c1cccc(F)c1. The minimum absolute atomic E-state index is 0.190. The summed E-state index contributed by atoms with van der Waals surface area (Å²) in [4.78, 5) is 0. The van der Waals surface area contributed by atoms with Crippen molar-refractivity contribution in [2.75, 3.05) is 5.32 Å². The van der Waals surface area contributed by atoms with Gasteiger partial charge in [0, 0.05) is 0 Å². The standard InChI is InChI=1S/C15H14ClF2N/c1-2-14(10-5-3-6-11(17)9-10)19-15-12(16)7-4-8-13(15)18/h3-9,14,19H,2H2,1H3. The van der Waals surface area contributed by atoms with Gasteiger partial charge in [-0.15, -0.1) is 0 Å². The lowest BCUT2D eigenvalue weighted by molar-refractivity contribution is 0.615. The van der Waals surface area contributed by atoms with Gasteiger partial charge in [0.1, 0.15) is 11.6 Å². The van der Waals surface area contributed by atoms with Crippen LogP contribution in [0.15, 0.2) is 42.5 Å². The zero-order valence-corrected chi connectivity index (χ0v) is 11.2. The van der Waals surface area contributed by atoms with Crippen LogP contribution < -0.4 is 5.32 Å². The number of rotatable bonds is 4. The molecule has 0 bridgehead atoms. The number of hydrogen-bond donors (Lipinski definition) is 1. The van der Waals surface area contributed by atoms with E-state index in [0.29, 0.717) is 11.4 Å². The smallest absolute Gasteiger partial charge is 0.147 e. The van der Waals surface area contributed by atoms with Crippen LogP contribution in [0.5, 0.6) is 0 Å². The summed E-state index contributed by atoms with van der Waals surface area (Å²) >= 11 is 5.97. The van der Waals surface area contributed by atoms with Gasteiger partial charge in [-0.1, -0.05) is 36.7 Å². The lowest BCUT2D eigenvalue weighted by Crippen LogP contribution is -2.11. The van der Waals surface area contributed by atoms with Crippen molar-refractivity contribution in [1.82, 2.24) is 0 Å². The summed E-state index contributed by atoms with van der Waals surface area (Å²) in [6, 6.07) is 10.6. The normalized spacial score (nSPS) is 12.2. The van der Waals surface area contributed by atoms with Crippen LogP contribution in [0.25, 0.3) is 0 Å². The average molecular weight is 282 g/mol. The molecular formula is C15H14ClF2N. The Labute approximate surface area is 116 Å². The zero-order chi connectivity index (χ0) is 13.8. The van der Waals surface area contributed by atoms with Gasteiger partial charge in [-0.2, -0.15) is 0 Å². The molecule has 0 radical (unpaired) electrons. The minimum atomic E-state index is -0.414. The summed E-state index contributed by atoms with van der Waals surface area (Å²) in [5.41, 5.74) is 1.02. The molecular weight excluding hydrogens is 268 g/mol. The van der Waals surface area contributed by atoms with Crippen molar-refractivity contribution in [2.45, 2.75) is 19.4 Å². The topological polar surface area (TPSA) is 12.0 Å². The first kappa shape index (κ1) is 13.8. The molecule has 2 rings (SSSR count). The highest BCUT2D eigenvalue weighted by Crippen LogP contribution is 2.30. The first-order valence-electron chi connectivity index (χ1n) is 6.08. The summed E-state index contributed by atoms with van der Waals surface area (Å²) in [5.74, 6) is -0.722. The molecule has 0 saturated carbocycles. The van der Waals surface area contributed by atoms with E-state index in [9.17, 15) is 8.78 Å².